The first-order valence-corrected chi connectivity index (χ1v) is 9.89. The number of carbonyl (C=O) groups is 2. The summed E-state index contributed by atoms with van der Waals surface area (Å²) in [4.78, 5) is 28.7. The smallest absolute Gasteiger partial charge is 0.316 e. The summed E-state index contributed by atoms with van der Waals surface area (Å²) in [5, 5.41) is 8.14. The highest BCUT2D eigenvalue weighted by atomic mass is 32.2. The van der Waals surface area contributed by atoms with Gasteiger partial charge in [-0.3, -0.25) is 9.59 Å². The average molecular weight is 402 g/mol. The molecule has 0 bridgehead atoms. The summed E-state index contributed by atoms with van der Waals surface area (Å²) < 4.78 is 19.7. The molecule has 0 fully saturated rings. The number of allylic oxidation sites excluding steroid dienone is 2. The molecule has 0 saturated carbocycles. The molecule has 0 radical (unpaired) electrons. The number of benzene rings is 1. The number of Topliss-reactive ketones (excluding diaryl/α,β-unsaturated/α-hetero) is 1. The van der Waals surface area contributed by atoms with E-state index in [1.54, 1.807) is 16.8 Å². The van der Waals surface area contributed by atoms with E-state index in [1.165, 1.54) is 19.2 Å². The van der Waals surface area contributed by atoms with Gasteiger partial charge in [-0.05, 0) is 30.0 Å². The second-order valence-electron chi connectivity index (χ2n) is 6.94. The summed E-state index contributed by atoms with van der Waals surface area (Å²) in [7, 11) is 1.32. The van der Waals surface area contributed by atoms with Crippen LogP contribution in [-0.4, -0.2) is 39.4 Å². The minimum Gasteiger partial charge on any atom is -0.468 e. The predicted molar refractivity (Wildman–Crippen MR) is 101 cm³/mol. The molecule has 2 aromatic rings. The van der Waals surface area contributed by atoms with Gasteiger partial charge in [-0.1, -0.05) is 30.8 Å². The summed E-state index contributed by atoms with van der Waals surface area (Å²) >= 11 is 1.16. The van der Waals surface area contributed by atoms with Crippen molar-refractivity contribution >= 4 is 29.5 Å². The number of rotatable bonds is 4. The maximum Gasteiger partial charge on any atom is 0.316 e. The topological polar surface area (TPSA) is 86.1 Å². The lowest BCUT2D eigenvalue weighted by atomic mass is 9.81. The Hall–Kier alpha value is -2.68. The van der Waals surface area contributed by atoms with E-state index in [4.69, 9.17) is 0 Å². The number of fused-ring (bicyclic) bond motifs is 1. The minimum atomic E-state index is -0.480. The van der Waals surface area contributed by atoms with Crippen LogP contribution in [0.25, 0.3) is 0 Å². The van der Waals surface area contributed by atoms with E-state index in [9.17, 15) is 14.0 Å². The molecular weight excluding hydrogens is 383 g/mol. The van der Waals surface area contributed by atoms with Crippen molar-refractivity contribution in [1.29, 1.82) is 0 Å². The van der Waals surface area contributed by atoms with Crippen molar-refractivity contribution < 1.29 is 18.7 Å². The van der Waals surface area contributed by atoms with Gasteiger partial charge >= 0.3 is 5.97 Å². The lowest BCUT2D eigenvalue weighted by Crippen LogP contribution is -2.33. The Labute approximate surface area is 165 Å². The van der Waals surface area contributed by atoms with Crippen molar-refractivity contribution in [2.75, 3.05) is 18.2 Å². The van der Waals surface area contributed by atoms with Crippen LogP contribution in [0, 0.1) is 11.7 Å². The lowest BCUT2D eigenvalue weighted by Gasteiger charge is -2.34. The van der Waals surface area contributed by atoms with Gasteiger partial charge in [0.05, 0.1) is 12.9 Å². The SMILES string of the molecule is COC(=O)CSc1nc2n(n1)[C@H](c1ccc(F)cc1)C1=C(C[C@@H](C)CC1=O)N2. The third kappa shape index (κ3) is 3.42. The summed E-state index contributed by atoms with van der Waals surface area (Å²) in [6.45, 7) is 2.03. The van der Waals surface area contributed by atoms with Crippen LogP contribution in [0.2, 0.25) is 0 Å². The van der Waals surface area contributed by atoms with Crippen molar-refractivity contribution in [2.24, 2.45) is 5.92 Å². The first-order valence-electron chi connectivity index (χ1n) is 8.91. The van der Waals surface area contributed by atoms with Crippen LogP contribution in [0.5, 0.6) is 0 Å². The molecule has 9 heteroatoms. The molecule has 0 spiro atoms. The zero-order valence-corrected chi connectivity index (χ0v) is 16.3. The molecule has 1 aliphatic carbocycles. The molecule has 2 heterocycles. The molecule has 28 heavy (non-hydrogen) atoms. The van der Waals surface area contributed by atoms with Crippen molar-refractivity contribution in [3.05, 3.63) is 46.9 Å². The van der Waals surface area contributed by atoms with Crippen molar-refractivity contribution in [3.63, 3.8) is 0 Å². The van der Waals surface area contributed by atoms with E-state index in [1.807, 2.05) is 6.92 Å². The van der Waals surface area contributed by atoms with E-state index < -0.39 is 6.04 Å². The zero-order chi connectivity index (χ0) is 19.8. The number of hydrogen-bond donors (Lipinski definition) is 1. The number of methoxy groups -OCH3 is 1. The molecule has 146 valence electrons. The highest BCUT2D eigenvalue weighted by Crippen LogP contribution is 2.41. The van der Waals surface area contributed by atoms with Crippen molar-refractivity contribution in [3.8, 4) is 0 Å². The molecule has 1 N–H and O–H groups in total. The Morgan fingerprint density at radius 2 is 2.11 bits per heavy atom. The number of nitrogens with zero attached hydrogens (tertiary/aromatic N) is 3. The maximum absolute atomic E-state index is 13.5. The number of aromatic nitrogens is 3. The van der Waals surface area contributed by atoms with E-state index in [0.717, 1.165) is 29.4 Å². The first-order chi connectivity index (χ1) is 13.5. The standard InChI is InChI=1S/C19H19FN4O3S/c1-10-7-13-16(14(25)8-10)17(11-3-5-12(20)6-4-11)24-18(21-13)22-19(23-24)28-9-15(26)27-2/h3-6,10,17H,7-9H2,1-2H3,(H,21,22,23)/t10-,17-/m1/s1. The van der Waals surface area contributed by atoms with E-state index in [0.29, 0.717) is 23.1 Å². The highest BCUT2D eigenvalue weighted by Gasteiger charge is 2.38. The number of anilines is 1. The Morgan fingerprint density at radius 3 is 2.82 bits per heavy atom. The maximum atomic E-state index is 13.5. The van der Waals surface area contributed by atoms with E-state index in [2.05, 4.69) is 20.1 Å². The van der Waals surface area contributed by atoms with Crippen molar-refractivity contribution in [2.45, 2.75) is 31.0 Å². The second-order valence-corrected chi connectivity index (χ2v) is 7.88. The summed E-state index contributed by atoms with van der Waals surface area (Å²) in [5.41, 5.74) is 2.24. The monoisotopic (exact) mass is 402 g/mol. The minimum absolute atomic E-state index is 0.0560. The van der Waals surface area contributed by atoms with Gasteiger partial charge < -0.3 is 10.1 Å². The number of nitrogens with one attached hydrogen (secondary N) is 1. The predicted octanol–water partition coefficient (Wildman–Crippen LogP) is 2.95. The fraction of sp³-hybridized carbons (Fsp3) is 0.368. The molecule has 2 aliphatic rings. The molecule has 2 atom stereocenters. The number of hydrogen-bond acceptors (Lipinski definition) is 7. The van der Waals surface area contributed by atoms with Crippen LogP contribution in [0.1, 0.15) is 31.4 Å². The normalized spacial score (nSPS) is 21.0. The van der Waals surface area contributed by atoms with E-state index in [-0.39, 0.29) is 29.2 Å². The number of carbonyl (C=O) groups excluding carboxylic acids is 2. The van der Waals surface area contributed by atoms with Crippen molar-refractivity contribution in [1.82, 2.24) is 14.8 Å². The third-order valence-electron chi connectivity index (χ3n) is 4.84. The van der Waals surface area contributed by atoms with Gasteiger partial charge in [-0.2, -0.15) is 4.98 Å². The molecule has 1 aromatic heterocycles. The van der Waals surface area contributed by atoms with Crippen LogP contribution >= 0.6 is 11.8 Å². The fourth-order valence-electron chi connectivity index (χ4n) is 3.58. The second kappa shape index (κ2) is 7.38. The Kier molecular flexibility index (Phi) is 4.92. The van der Waals surface area contributed by atoms with Crippen LogP contribution < -0.4 is 5.32 Å². The zero-order valence-electron chi connectivity index (χ0n) is 15.4. The number of halogens is 1. The molecule has 0 saturated heterocycles. The highest BCUT2D eigenvalue weighted by molar-refractivity contribution is 7.99. The van der Waals surface area contributed by atoms with Gasteiger partial charge in [0.1, 0.15) is 11.9 Å². The van der Waals surface area contributed by atoms with Crippen LogP contribution in [0.15, 0.2) is 40.7 Å². The molecule has 1 aliphatic heterocycles. The number of ketones is 1. The van der Waals surface area contributed by atoms with Crippen LogP contribution in [0.3, 0.4) is 0 Å². The number of thioether (sulfide) groups is 1. The van der Waals surface area contributed by atoms with Gasteiger partial charge in [-0.25, -0.2) is 9.07 Å². The Balaban J connectivity index is 1.76. The third-order valence-corrected chi connectivity index (χ3v) is 5.65. The molecule has 7 nitrogen and oxygen atoms in total. The fourth-order valence-corrected chi connectivity index (χ4v) is 4.25. The summed E-state index contributed by atoms with van der Waals surface area (Å²) in [5.74, 6) is 0.161. The first kappa shape index (κ1) is 18.7. The summed E-state index contributed by atoms with van der Waals surface area (Å²) in [6.07, 6.45) is 1.20. The summed E-state index contributed by atoms with van der Waals surface area (Å²) in [6, 6.07) is 5.59. The van der Waals surface area contributed by atoms with Gasteiger partial charge in [-0.15, -0.1) is 5.10 Å². The number of ether oxygens (including phenoxy) is 1. The molecule has 0 unspecified atom stereocenters. The molecule has 0 amide bonds. The van der Waals surface area contributed by atoms with Gasteiger partial charge in [0.15, 0.2) is 5.78 Å². The Bertz CT molecular complexity index is 970. The van der Waals surface area contributed by atoms with Gasteiger partial charge in [0, 0.05) is 17.7 Å². The Morgan fingerprint density at radius 1 is 1.36 bits per heavy atom. The molecular formula is C19H19FN4O3S. The lowest BCUT2D eigenvalue weighted by molar-refractivity contribution is -0.137. The average Bonchev–Trinajstić information content (AvgIpc) is 3.07. The molecule has 1 aromatic carbocycles. The van der Waals surface area contributed by atoms with Crippen LogP contribution in [-0.2, 0) is 14.3 Å². The van der Waals surface area contributed by atoms with Gasteiger partial charge in [0.25, 0.3) is 0 Å². The van der Waals surface area contributed by atoms with E-state index >= 15 is 0 Å². The van der Waals surface area contributed by atoms with Crippen LogP contribution in [0.4, 0.5) is 10.3 Å². The number of esters is 1. The largest absolute Gasteiger partial charge is 0.468 e. The quantitative estimate of drug-likeness (QED) is 0.622. The van der Waals surface area contributed by atoms with Gasteiger partial charge in [0.2, 0.25) is 11.1 Å². The molecule has 4 rings (SSSR count).